The lowest BCUT2D eigenvalue weighted by molar-refractivity contribution is -0.140. The molecule has 0 radical (unpaired) electrons. The fourth-order valence-electron chi connectivity index (χ4n) is 4.17. The molecule has 0 bridgehead atoms. The molecule has 9 heteroatoms. The summed E-state index contributed by atoms with van der Waals surface area (Å²) in [6.45, 7) is 5.65. The molecule has 1 N–H and O–H groups in total. The summed E-state index contributed by atoms with van der Waals surface area (Å²) >= 11 is 6.21. The van der Waals surface area contributed by atoms with Crippen molar-refractivity contribution in [3.05, 3.63) is 100 Å². The van der Waals surface area contributed by atoms with Crippen LogP contribution in [0.3, 0.4) is 0 Å². The predicted octanol–water partition coefficient (Wildman–Crippen LogP) is 4.50. The topological polar surface area (TPSA) is 86.8 Å². The molecule has 3 aromatic carbocycles. The van der Waals surface area contributed by atoms with E-state index in [2.05, 4.69) is 5.32 Å². The molecule has 0 saturated carbocycles. The summed E-state index contributed by atoms with van der Waals surface area (Å²) in [6, 6.07) is 20.9. The van der Waals surface area contributed by atoms with Crippen molar-refractivity contribution in [3.63, 3.8) is 0 Å². The zero-order valence-electron chi connectivity index (χ0n) is 22.1. The Morgan fingerprint density at radius 3 is 2.21 bits per heavy atom. The molecule has 0 aliphatic carbocycles. The number of nitrogens with one attached hydrogen (secondary N) is 1. The van der Waals surface area contributed by atoms with Crippen LogP contribution in [0.2, 0.25) is 5.02 Å². The molecule has 2 amide bonds. The number of hydrogen-bond acceptors (Lipinski definition) is 4. The van der Waals surface area contributed by atoms with Gasteiger partial charge in [-0.1, -0.05) is 60.1 Å². The Bertz CT molecular complexity index is 1380. The molecule has 0 aromatic heterocycles. The fourth-order valence-corrected chi connectivity index (χ4v) is 5.23. The number of benzene rings is 3. The van der Waals surface area contributed by atoms with Crippen molar-refractivity contribution in [3.8, 4) is 0 Å². The number of aryl methyl sites for hydroxylation is 2. The number of nitrogens with zero attached hydrogens (tertiary/aromatic N) is 2. The number of sulfonamides is 1. The zero-order chi connectivity index (χ0) is 27.9. The summed E-state index contributed by atoms with van der Waals surface area (Å²) in [6.07, 6.45) is 1.34. The number of carbonyl (C=O) groups is 2. The standard InChI is InChI=1S/C29H34ClN3O4S/c1-5-31-29(35)27(18-23-10-7-6-8-11-23)32(19-24-12-9-13-25(30)17-24)28(34)20-33(38(4,36)37)26-15-14-21(2)22(3)16-26/h6-17,27H,5,18-20H2,1-4H3,(H,31,35)/t27-/m0/s1. The summed E-state index contributed by atoms with van der Waals surface area (Å²) in [5.74, 6) is -0.815. The minimum atomic E-state index is -3.81. The van der Waals surface area contributed by atoms with Gasteiger partial charge < -0.3 is 10.2 Å². The van der Waals surface area contributed by atoms with E-state index in [0.717, 1.165) is 32.8 Å². The second kappa shape index (κ2) is 12.9. The van der Waals surface area contributed by atoms with E-state index in [1.165, 1.54) is 4.90 Å². The first kappa shape index (κ1) is 29.2. The predicted molar refractivity (Wildman–Crippen MR) is 153 cm³/mol. The van der Waals surface area contributed by atoms with Gasteiger partial charge in [0.1, 0.15) is 12.6 Å². The molecule has 0 fully saturated rings. The monoisotopic (exact) mass is 555 g/mol. The van der Waals surface area contributed by atoms with Crippen molar-refractivity contribution >= 4 is 39.1 Å². The average molecular weight is 556 g/mol. The van der Waals surface area contributed by atoms with Crippen LogP contribution < -0.4 is 9.62 Å². The highest BCUT2D eigenvalue weighted by Gasteiger charge is 2.33. The van der Waals surface area contributed by atoms with Gasteiger partial charge in [-0.25, -0.2) is 8.42 Å². The maximum absolute atomic E-state index is 14.0. The number of rotatable bonds is 11. The van der Waals surface area contributed by atoms with Crippen LogP contribution in [0.25, 0.3) is 0 Å². The van der Waals surface area contributed by atoms with Gasteiger partial charge >= 0.3 is 0 Å². The van der Waals surface area contributed by atoms with Crippen LogP contribution in [0, 0.1) is 13.8 Å². The first-order valence-electron chi connectivity index (χ1n) is 12.4. The molecule has 0 aliphatic rings. The molecular weight excluding hydrogens is 522 g/mol. The third-order valence-corrected chi connectivity index (χ3v) is 7.70. The van der Waals surface area contributed by atoms with E-state index in [9.17, 15) is 18.0 Å². The van der Waals surface area contributed by atoms with Crippen molar-refractivity contribution in [2.75, 3.05) is 23.7 Å². The molecule has 38 heavy (non-hydrogen) atoms. The molecule has 1 atom stereocenters. The molecule has 0 aliphatic heterocycles. The number of likely N-dealkylation sites (N-methyl/N-ethyl adjacent to an activating group) is 1. The molecule has 0 heterocycles. The first-order valence-corrected chi connectivity index (χ1v) is 14.6. The van der Waals surface area contributed by atoms with E-state index >= 15 is 0 Å². The summed E-state index contributed by atoms with van der Waals surface area (Å²) in [5, 5.41) is 3.34. The molecule has 0 saturated heterocycles. The van der Waals surface area contributed by atoms with E-state index in [1.807, 2.05) is 63.2 Å². The van der Waals surface area contributed by atoms with Crippen molar-refractivity contribution < 1.29 is 18.0 Å². The highest BCUT2D eigenvalue weighted by molar-refractivity contribution is 7.92. The Labute approximate surface area is 230 Å². The van der Waals surface area contributed by atoms with E-state index in [-0.39, 0.29) is 18.9 Å². The Morgan fingerprint density at radius 1 is 0.921 bits per heavy atom. The first-order chi connectivity index (χ1) is 18.0. The van der Waals surface area contributed by atoms with Gasteiger partial charge in [0.2, 0.25) is 21.8 Å². The summed E-state index contributed by atoms with van der Waals surface area (Å²) in [5.41, 5.74) is 3.91. The van der Waals surface area contributed by atoms with Crippen LogP contribution in [0.5, 0.6) is 0 Å². The van der Waals surface area contributed by atoms with Gasteiger partial charge in [0.05, 0.1) is 11.9 Å². The second-order valence-corrected chi connectivity index (χ2v) is 11.6. The highest BCUT2D eigenvalue weighted by atomic mass is 35.5. The minimum Gasteiger partial charge on any atom is -0.355 e. The Kier molecular flexibility index (Phi) is 9.94. The quantitative estimate of drug-likeness (QED) is 0.377. The van der Waals surface area contributed by atoms with Crippen LogP contribution in [-0.2, 0) is 32.6 Å². The molecule has 7 nitrogen and oxygen atoms in total. The van der Waals surface area contributed by atoms with Gasteiger partial charge in [-0.3, -0.25) is 13.9 Å². The van der Waals surface area contributed by atoms with E-state index in [0.29, 0.717) is 17.3 Å². The molecule has 202 valence electrons. The second-order valence-electron chi connectivity index (χ2n) is 9.29. The van der Waals surface area contributed by atoms with E-state index in [4.69, 9.17) is 11.6 Å². The number of hydrogen-bond donors (Lipinski definition) is 1. The lowest BCUT2D eigenvalue weighted by Crippen LogP contribution is -2.53. The van der Waals surface area contributed by atoms with Crippen LogP contribution in [0.15, 0.2) is 72.8 Å². The maximum atomic E-state index is 14.0. The Morgan fingerprint density at radius 2 is 1.61 bits per heavy atom. The molecule has 3 aromatic rings. The number of halogens is 1. The average Bonchev–Trinajstić information content (AvgIpc) is 2.86. The number of carbonyl (C=O) groups excluding carboxylic acids is 2. The summed E-state index contributed by atoms with van der Waals surface area (Å²) < 4.78 is 26.8. The van der Waals surface area contributed by atoms with Crippen LogP contribution in [0.1, 0.15) is 29.2 Å². The Balaban J connectivity index is 2.05. The number of amides is 2. The van der Waals surface area contributed by atoms with Crippen LogP contribution in [0.4, 0.5) is 5.69 Å². The molecule has 0 spiro atoms. The molecule has 0 unspecified atom stereocenters. The van der Waals surface area contributed by atoms with Gasteiger partial charge in [-0.05, 0) is 67.3 Å². The van der Waals surface area contributed by atoms with Crippen molar-refractivity contribution in [2.45, 2.75) is 39.8 Å². The fraction of sp³-hybridized carbons (Fsp3) is 0.310. The molecular formula is C29H34ClN3O4S. The third-order valence-electron chi connectivity index (χ3n) is 6.32. The van der Waals surface area contributed by atoms with E-state index in [1.54, 1.807) is 30.3 Å². The summed E-state index contributed by atoms with van der Waals surface area (Å²) in [4.78, 5) is 28.7. The van der Waals surface area contributed by atoms with Gasteiger partial charge in [0.15, 0.2) is 0 Å². The Hall–Kier alpha value is -3.36. The zero-order valence-corrected chi connectivity index (χ0v) is 23.7. The van der Waals surface area contributed by atoms with Crippen molar-refractivity contribution in [1.82, 2.24) is 10.2 Å². The number of anilines is 1. The normalized spacial score (nSPS) is 12.0. The lowest BCUT2D eigenvalue weighted by Gasteiger charge is -2.33. The lowest BCUT2D eigenvalue weighted by atomic mass is 10.0. The maximum Gasteiger partial charge on any atom is 0.244 e. The minimum absolute atomic E-state index is 0.0819. The molecule has 3 rings (SSSR count). The highest BCUT2D eigenvalue weighted by Crippen LogP contribution is 2.23. The smallest absolute Gasteiger partial charge is 0.244 e. The van der Waals surface area contributed by atoms with Crippen molar-refractivity contribution in [2.24, 2.45) is 0 Å². The van der Waals surface area contributed by atoms with Crippen molar-refractivity contribution in [1.29, 1.82) is 0 Å². The van der Waals surface area contributed by atoms with E-state index < -0.39 is 28.5 Å². The van der Waals surface area contributed by atoms with Gasteiger partial charge in [-0.2, -0.15) is 0 Å². The third kappa shape index (κ3) is 7.82. The van der Waals surface area contributed by atoms with Crippen LogP contribution >= 0.6 is 11.6 Å². The SMILES string of the molecule is CCNC(=O)[C@H](Cc1ccccc1)N(Cc1cccc(Cl)c1)C(=O)CN(c1ccc(C)c(C)c1)S(C)(=O)=O. The largest absolute Gasteiger partial charge is 0.355 e. The van der Waals surface area contributed by atoms with Crippen LogP contribution in [-0.4, -0.2) is 50.5 Å². The van der Waals surface area contributed by atoms with Gasteiger partial charge in [0.25, 0.3) is 0 Å². The van der Waals surface area contributed by atoms with Gasteiger partial charge in [-0.15, -0.1) is 0 Å². The van der Waals surface area contributed by atoms with Gasteiger partial charge in [0, 0.05) is 24.5 Å². The summed E-state index contributed by atoms with van der Waals surface area (Å²) in [7, 11) is -3.81.